The lowest BCUT2D eigenvalue weighted by molar-refractivity contribution is -0.112. The molecule has 1 aliphatic heterocycles. The van der Waals surface area contributed by atoms with E-state index in [9.17, 15) is 10.1 Å². The summed E-state index contributed by atoms with van der Waals surface area (Å²) in [5.74, 6) is 1.10. The Labute approximate surface area is 155 Å². The highest BCUT2D eigenvalue weighted by Gasteiger charge is 2.17. The van der Waals surface area contributed by atoms with Gasteiger partial charge in [0.1, 0.15) is 17.4 Å². The fourth-order valence-corrected chi connectivity index (χ4v) is 2.66. The zero-order valence-electron chi connectivity index (χ0n) is 14.1. The van der Waals surface area contributed by atoms with Gasteiger partial charge in [-0.05, 0) is 54.5 Å². The first-order valence-electron chi connectivity index (χ1n) is 7.68. The van der Waals surface area contributed by atoms with Crippen LogP contribution in [0.15, 0.2) is 35.9 Å². The lowest BCUT2D eigenvalue weighted by Gasteiger charge is -2.10. The van der Waals surface area contributed by atoms with Gasteiger partial charge in [0.05, 0.1) is 12.8 Å². The third-order valence-corrected chi connectivity index (χ3v) is 4.07. The van der Waals surface area contributed by atoms with E-state index in [1.165, 1.54) is 13.2 Å². The predicted molar refractivity (Wildman–Crippen MR) is 97.5 cm³/mol. The second-order valence-electron chi connectivity index (χ2n) is 5.53. The average molecular weight is 371 g/mol. The molecule has 0 atom stereocenters. The van der Waals surface area contributed by atoms with Crippen molar-refractivity contribution in [3.8, 4) is 23.3 Å². The van der Waals surface area contributed by atoms with Gasteiger partial charge >= 0.3 is 0 Å². The van der Waals surface area contributed by atoms with Crippen molar-refractivity contribution in [2.24, 2.45) is 0 Å². The number of amides is 1. The molecule has 7 heteroatoms. The summed E-state index contributed by atoms with van der Waals surface area (Å²) in [6, 6.07) is 10.3. The Kier molecular flexibility index (Phi) is 5.01. The van der Waals surface area contributed by atoms with Crippen molar-refractivity contribution in [2.45, 2.75) is 6.92 Å². The molecule has 3 rings (SSSR count). The molecule has 2 aromatic carbocycles. The van der Waals surface area contributed by atoms with Crippen LogP contribution in [-0.2, 0) is 4.79 Å². The Hall–Kier alpha value is -3.17. The van der Waals surface area contributed by atoms with Gasteiger partial charge < -0.3 is 19.5 Å². The average Bonchev–Trinajstić information content (AvgIpc) is 3.06. The quantitative estimate of drug-likeness (QED) is 0.651. The van der Waals surface area contributed by atoms with Gasteiger partial charge in [0.25, 0.3) is 5.91 Å². The predicted octanol–water partition coefficient (Wildman–Crippen LogP) is 3.93. The molecule has 0 saturated carbocycles. The summed E-state index contributed by atoms with van der Waals surface area (Å²) in [7, 11) is 1.48. The molecule has 0 spiro atoms. The van der Waals surface area contributed by atoms with Crippen LogP contribution in [0, 0.1) is 18.3 Å². The summed E-state index contributed by atoms with van der Waals surface area (Å²) in [5, 5.41) is 12.5. The SMILES string of the molecule is COc1ccc(Cl)cc1NC(=O)/C(C#N)=C/c1cc2c(cc1C)OCO2. The number of carbonyl (C=O) groups excluding carboxylic acids is 1. The Morgan fingerprint density at radius 2 is 2.04 bits per heavy atom. The molecule has 0 bridgehead atoms. The Balaban J connectivity index is 1.90. The van der Waals surface area contributed by atoms with E-state index >= 15 is 0 Å². The van der Waals surface area contributed by atoms with Gasteiger partial charge in [0.15, 0.2) is 11.5 Å². The van der Waals surface area contributed by atoms with Gasteiger partial charge in [-0.15, -0.1) is 0 Å². The van der Waals surface area contributed by atoms with Crippen LogP contribution in [0.1, 0.15) is 11.1 Å². The third-order valence-electron chi connectivity index (χ3n) is 3.84. The standard InChI is InChI=1S/C19H15ClN2O4/c1-11-5-17-18(26-10-25-17)7-12(11)6-13(9-21)19(23)22-15-8-14(20)3-4-16(15)24-2/h3-8H,10H2,1-2H3,(H,22,23)/b13-6+. The van der Waals surface area contributed by atoms with Crippen molar-refractivity contribution < 1.29 is 19.0 Å². The fourth-order valence-electron chi connectivity index (χ4n) is 2.49. The largest absolute Gasteiger partial charge is 0.495 e. The van der Waals surface area contributed by atoms with Gasteiger partial charge in [-0.3, -0.25) is 4.79 Å². The topological polar surface area (TPSA) is 80.6 Å². The minimum absolute atomic E-state index is 0.0611. The highest BCUT2D eigenvalue weighted by molar-refractivity contribution is 6.31. The molecule has 6 nitrogen and oxygen atoms in total. The molecule has 132 valence electrons. The normalized spacial score (nSPS) is 12.5. The summed E-state index contributed by atoms with van der Waals surface area (Å²) >= 11 is 5.96. The van der Waals surface area contributed by atoms with Crippen molar-refractivity contribution >= 4 is 29.3 Å². The monoisotopic (exact) mass is 370 g/mol. The van der Waals surface area contributed by atoms with Crippen LogP contribution < -0.4 is 19.5 Å². The molecule has 0 aliphatic carbocycles. The number of ether oxygens (including phenoxy) is 3. The number of hydrogen-bond donors (Lipinski definition) is 1. The number of rotatable bonds is 4. The number of carbonyl (C=O) groups is 1. The second-order valence-corrected chi connectivity index (χ2v) is 5.97. The molecular formula is C19H15ClN2O4. The smallest absolute Gasteiger partial charge is 0.266 e. The number of hydrogen-bond acceptors (Lipinski definition) is 5. The number of halogens is 1. The molecule has 2 aromatic rings. The number of methoxy groups -OCH3 is 1. The zero-order valence-corrected chi connectivity index (χ0v) is 14.9. The maximum atomic E-state index is 12.5. The summed E-state index contributed by atoms with van der Waals surface area (Å²) in [6.07, 6.45) is 1.50. The fraction of sp³-hybridized carbons (Fsp3) is 0.158. The van der Waals surface area contributed by atoms with E-state index in [2.05, 4.69) is 5.32 Å². The molecule has 1 heterocycles. The molecule has 1 aliphatic rings. The number of fused-ring (bicyclic) bond motifs is 1. The van der Waals surface area contributed by atoms with Crippen LogP contribution in [0.3, 0.4) is 0 Å². The summed E-state index contributed by atoms with van der Waals surface area (Å²) in [5.41, 5.74) is 1.87. The van der Waals surface area contributed by atoms with Crippen LogP contribution in [0.4, 0.5) is 5.69 Å². The Bertz CT molecular complexity index is 947. The molecule has 1 N–H and O–H groups in total. The van der Waals surface area contributed by atoms with E-state index in [1.54, 1.807) is 30.3 Å². The minimum atomic E-state index is -0.565. The van der Waals surface area contributed by atoms with Crippen LogP contribution in [0.5, 0.6) is 17.2 Å². The Morgan fingerprint density at radius 3 is 2.73 bits per heavy atom. The first-order valence-corrected chi connectivity index (χ1v) is 8.06. The summed E-state index contributed by atoms with van der Waals surface area (Å²) in [4.78, 5) is 12.5. The van der Waals surface area contributed by atoms with Crippen molar-refractivity contribution in [3.05, 3.63) is 52.1 Å². The van der Waals surface area contributed by atoms with Gasteiger partial charge in [-0.25, -0.2) is 0 Å². The van der Waals surface area contributed by atoms with Crippen molar-refractivity contribution in [3.63, 3.8) is 0 Å². The molecule has 0 aromatic heterocycles. The van der Waals surface area contributed by atoms with Gasteiger partial charge in [-0.1, -0.05) is 11.6 Å². The number of nitrogens with one attached hydrogen (secondary N) is 1. The van der Waals surface area contributed by atoms with Crippen molar-refractivity contribution in [1.82, 2.24) is 0 Å². The van der Waals surface area contributed by atoms with Crippen LogP contribution in [0.25, 0.3) is 6.08 Å². The molecule has 1 amide bonds. The van der Waals surface area contributed by atoms with Crippen LogP contribution in [0.2, 0.25) is 5.02 Å². The molecule has 0 radical (unpaired) electrons. The Morgan fingerprint density at radius 1 is 1.31 bits per heavy atom. The number of nitrogens with zero attached hydrogens (tertiary/aromatic N) is 1. The maximum absolute atomic E-state index is 12.5. The number of nitriles is 1. The van der Waals surface area contributed by atoms with Crippen molar-refractivity contribution in [2.75, 3.05) is 19.2 Å². The summed E-state index contributed by atoms with van der Waals surface area (Å²) in [6.45, 7) is 2.02. The molecular weight excluding hydrogens is 356 g/mol. The van der Waals surface area contributed by atoms with Crippen molar-refractivity contribution in [1.29, 1.82) is 5.26 Å². The first kappa shape index (κ1) is 17.6. The van der Waals surface area contributed by atoms with Crippen LogP contribution >= 0.6 is 11.6 Å². The highest BCUT2D eigenvalue weighted by atomic mass is 35.5. The molecule has 26 heavy (non-hydrogen) atoms. The lowest BCUT2D eigenvalue weighted by atomic mass is 10.0. The zero-order chi connectivity index (χ0) is 18.7. The molecule has 0 fully saturated rings. The molecule has 0 saturated heterocycles. The van der Waals surface area contributed by atoms with Gasteiger partial charge in [0.2, 0.25) is 6.79 Å². The molecule has 0 unspecified atom stereocenters. The van der Waals surface area contributed by atoms with E-state index < -0.39 is 5.91 Å². The second kappa shape index (κ2) is 7.38. The van der Waals surface area contributed by atoms with Crippen LogP contribution in [-0.4, -0.2) is 19.8 Å². The van der Waals surface area contributed by atoms with E-state index in [4.69, 9.17) is 25.8 Å². The maximum Gasteiger partial charge on any atom is 0.266 e. The van der Waals surface area contributed by atoms with E-state index in [1.807, 2.05) is 13.0 Å². The lowest BCUT2D eigenvalue weighted by Crippen LogP contribution is -2.14. The number of benzene rings is 2. The van der Waals surface area contributed by atoms with Gasteiger partial charge in [-0.2, -0.15) is 5.26 Å². The highest BCUT2D eigenvalue weighted by Crippen LogP contribution is 2.35. The minimum Gasteiger partial charge on any atom is -0.495 e. The first-order chi connectivity index (χ1) is 12.5. The van der Waals surface area contributed by atoms with E-state index in [-0.39, 0.29) is 12.4 Å². The number of anilines is 1. The third kappa shape index (κ3) is 3.58. The van der Waals surface area contributed by atoms with E-state index in [0.29, 0.717) is 33.5 Å². The summed E-state index contributed by atoms with van der Waals surface area (Å²) < 4.78 is 15.9. The van der Waals surface area contributed by atoms with E-state index in [0.717, 1.165) is 5.56 Å². The van der Waals surface area contributed by atoms with Gasteiger partial charge in [0, 0.05) is 5.02 Å². The number of aryl methyl sites for hydroxylation is 1.